The van der Waals surface area contributed by atoms with Crippen molar-refractivity contribution in [2.45, 2.75) is 39.0 Å². The van der Waals surface area contributed by atoms with Gasteiger partial charge in [0.15, 0.2) is 0 Å². The molecule has 21 heavy (non-hydrogen) atoms. The number of anilines is 1. The molecular weight excluding hydrogens is 280 g/mol. The quantitative estimate of drug-likeness (QED) is 0.603. The molecule has 0 heterocycles. The van der Waals surface area contributed by atoms with Crippen molar-refractivity contribution in [2.24, 2.45) is 0 Å². The number of hydrogen-bond donors (Lipinski definition) is 2. The van der Waals surface area contributed by atoms with Crippen LogP contribution in [0.2, 0.25) is 0 Å². The van der Waals surface area contributed by atoms with Crippen LogP contribution in [0.15, 0.2) is 24.3 Å². The lowest BCUT2D eigenvalue weighted by molar-refractivity contribution is 0.0953. The molecule has 0 fully saturated rings. The predicted molar refractivity (Wildman–Crippen MR) is 94.4 cm³/mol. The highest BCUT2D eigenvalue weighted by atomic mass is 32.2. The molecule has 1 aromatic carbocycles. The van der Waals surface area contributed by atoms with Crippen molar-refractivity contribution in [3.63, 3.8) is 0 Å². The van der Waals surface area contributed by atoms with E-state index in [1.807, 2.05) is 36.0 Å². The Labute approximate surface area is 133 Å². The van der Waals surface area contributed by atoms with E-state index >= 15 is 0 Å². The minimum absolute atomic E-state index is 0.0262. The summed E-state index contributed by atoms with van der Waals surface area (Å²) >= 11 is 1.90. The van der Waals surface area contributed by atoms with Gasteiger partial charge in [-0.3, -0.25) is 4.79 Å². The summed E-state index contributed by atoms with van der Waals surface area (Å²) in [6, 6.07) is 7.72. The van der Waals surface area contributed by atoms with Crippen molar-refractivity contribution in [1.82, 2.24) is 5.32 Å². The summed E-state index contributed by atoms with van der Waals surface area (Å²) in [4.78, 5) is 12.2. The van der Waals surface area contributed by atoms with Crippen molar-refractivity contribution in [2.75, 3.05) is 30.4 Å². The van der Waals surface area contributed by atoms with Crippen molar-refractivity contribution in [3.8, 4) is 0 Å². The average Bonchev–Trinajstić information content (AvgIpc) is 2.52. The van der Waals surface area contributed by atoms with Gasteiger partial charge in [0.1, 0.15) is 0 Å². The third kappa shape index (κ3) is 7.42. The Kier molecular flexibility index (Phi) is 9.79. The Morgan fingerprint density at radius 1 is 1.10 bits per heavy atom. The van der Waals surface area contributed by atoms with Gasteiger partial charge in [0.25, 0.3) is 5.91 Å². The molecule has 0 spiro atoms. The van der Waals surface area contributed by atoms with E-state index in [0.29, 0.717) is 0 Å². The predicted octanol–water partition coefficient (Wildman–Crippen LogP) is 4.16. The topological polar surface area (TPSA) is 41.1 Å². The second kappa shape index (κ2) is 11.5. The molecule has 1 amide bonds. The van der Waals surface area contributed by atoms with Gasteiger partial charge in [-0.1, -0.05) is 31.9 Å². The number of unbranched alkanes of at least 4 members (excludes halogenated alkanes) is 3. The lowest BCUT2D eigenvalue weighted by atomic mass is 10.1. The minimum atomic E-state index is 0.0262. The Morgan fingerprint density at radius 3 is 2.62 bits per heavy atom. The highest BCUT2D eigenvalue weighted by Gasteiger charge is 2.09. The number of rotatable bonds is 11. The second-order valence-corrected chi connectivity index (χ2v) is 6.12. The van der Waals surface area contributed by atoms with Gasteiger partial charge in [-0.15, -0.1) is 0 Å². The van der Waals surface area contributed by atoms with Crippen LogP contribution in [-0.4, -0.2) is 31.0 Å². The third-order valence-corrected chi connectivity index (χ3v) is 3.99. The molecule has 1 aromatic rings. The number of nitrogens with one attached hydrogen (secondary N) is 2. The number of carbonyl (C=O) groups is 1. The molecule has 0 bridgehead atoms. The zero-order valence-electron chi connectivity index (χ0n) is 13.3. The van der Waals surface area contributed by atoms with E-state index in [2.05, 4.69) is 23.8 Å². The summed E-state index contributed by atoms with van der Waals surface area (Å²) in [7, 11) is 0. The van der Waals surface area contributed by atoms with Crippen molar-refractivity contribution >= 4 is 23.4 Å². The normalized spacial score (nSPS) is 10.4. The summed E-state index contributed by atoms with van der Waals surface area (Å²) in [5.74, 6) is 1.27. The second-order valence-electron chi connectivity index (χ2n) is 5.14. The lowest BCUT2D eigenvalue weighted by Crippen LogP contribution is -2.25. The van der Waals surface area contributed by atoms with Crippen LogP contribution in [-0.2, 0) is 0 Å². The standard InChI is InChI=1S/C17H28N2OS/c1-3-12-18-16-11-7-6-10-15(16)17(20)19-13-8-4-5-9-14-21-2/h6-7,10-11,18H,3-5,8-9,12-14H2,1-2H3,(H,19,20). The van der Waals surface area contributed by atoms with Crippen LogP contribution in [0, 0.1) is 0 Å². The Morgan fingerprint density at radius 2 is 1.86 bits per heavy atom. The van der Waals surface area contributed by atoms with Crippen LogP contribution in [0.1, 0.15) is 49.4 Å². The fourth-order valence-corrected chi connectivity index (χ4v) is 2.61. The van der Waals surface area contributed by atoms with Gasteiger partial charge < -0.3 is 10.6 Å². The first-order chi connectivity index (χ1) is 10.3. The maximum absolute atomic E-state index is 12.2. The molecule has 0 aliphatic carbocycles. The first-order valence-electron chi connectivity index (χ1n) is 7.89. The summed E-state index contributed by atoms with van der Waals surface area (Å²) in [6.45, 7) is 3.77. The van der Waals surface area contributed by atoms with Crippen molar-refractivity contribution in [3.05, 3.63) is 29.8 Å². The van der Waals surface area contributed by atoms with Gasteiger partial charge in [0.2, 0.25) is 0 Å². The van der Waals surface area contributed by atoms with Gasteiger partial charge >= 0.3 is 0 Å². The molecule has 2 N–H and O–H groups in total. The summed E-state index contributed by atoms with van der Waals surface area (Å²) in [5, 5.41) is 6.33. The number of thioether (sulfide) groups is 1. The number of benzene rings is 1. The molecule has 3 nitrogen and oxygen atoms in total. The van der Waals surface area contributed by atoms with E-state index in [0.717, 1.165) is 37.2 Å². The number of hydrogen-bond acceptors (Lipinski definition) is 3. The van der Waals surface area contributed by atoms with Gasteiger partial charge in [-0.05, 0) is 43.4 Å². The van der Waals surface area contributed by atoms with Crippen molar-refractivity contribution in [1.29, 1.82) is 0 Å². The summed E-state index contributed by atoms with van der Waals surface area (Å²) in [6.07, 6.45) is 7.97. The van der Waals surface area contributed by atoms with Crippen molar-refractivity contribution < 1.29 is 4.79 Å². The fraction of sp³-hybridized carbons (Fsp3) is 0.588. The van der Waals surface area contributed by atoms with E-state index < -0.39 is 0 Å². The minimum Gasteiger partial charge on any atom is -0.384 e. The zero-order valence-corrected chi connectivity index (χ0v) is 14.1. The van der Waals surface area contributed by atoms with Crippen LogP contribution >= 0.6 is 11.8 Å². The van der Waals surface area contributed by atoms with E-state index in [-0.39, 0.29) is 5.91 Å². The average molecular weight is 308 g/mol. The highest BCUT2D eigenvalue weighted by Crippen LogP contribution is 2.14. The molecule has 0 saturated heterocycles. The fourth-order valence-electron chi connectivity index (χ4n) is 2.12. The molecule has 118 valence electrons. The molecular formula is C17H28N2OS. The molecule has 0 radical (unpaired) electrons. The third-order valence-electron chi connectivity index (χ3n) is 3.30. The molecule has 0 unspecified atom stereocenters. The molecule has 0 aliphatic rings. The van der Waals surface area contributed by atoms with E-state index in [4.69, 9.17) is 0 Å². The SMILES string of the molecule is CCCNc1ccccc1C(=O)NCCCCCCSC. The van der Waals surface area contributed by atoms with E-state index in [1.165, 1.54) is 25.0 Å². The first kappa shape index (κ1) is 17.9. The molecule has 0 aliphatic heterocycles. The summed E-state index contributed by atoms with van der Waals surface area (Å²) < 4.78 is 0. The Balaban J connectivity index is 2.31. The van der Waals surface area contributed by atoms with E-state index in [9.17, 15) is 4.79 Å². The van der Waals surface area contributed by atoms with E-state index in [1.54, 1.807) is 0 Å². The Hall–Kier alpha value is -1.16. The van der Waals surface area contributed by atoms with Crippen LogP contribution in [0.25, 0.3) is 0 Å². The molecule has 4 heteroatoms. The van der Waals surface area contributed by atoms with Crippen LogP contribution < -0.4 is 10.6 Å². The maximum Gasteiger partial charge on any atom is 0.253 e. The Bertz CT molecular complexity index is 410. The number of amides is 1. The lowest BCUT2D eigenvalue weighted by Gasteiger charge is -2.11. The molecule has 0 saturated carbocycles. The molecule has 0 atom stereocenters. The van der Waals surface area contributed by atoms with Gasteiger partial charge in [-0.2, -0.15) is 11.8 Å². The van der Waals surface area contributed by atoms with Crippen LogP contribution in [0.5, 0.6) is 0 Å². The van der Waals surface area contributed by atoms with Gasteiger partial charge in [0, 0.05) is 18.8 Å². The number of carbonyl (C=O) groups excluding carboxylic acids is 1. The summed E-state index contributed by atoms with van der Waals surface area (Å²) in [5.41, 5.74) is 1.67. The first-order valence-corrected chi connectivity index (χ1v) is 9.29. The van der Waals surface area contributed by atoms with Gasteiger partial charge in [0.05, 0.1) is 5.56 Å². The smallest absolute Gasteiger partial charge is 0.253 e. The van der Waals surface area contributed by atoms with Crippen LogP contribution in [0.4, 0.5) is 5.69 Å². The highest BCUT2D eigenvalue weighted by molar-refractivity contribution is 7.98. The van der Waals surface area contributed by atoms with Gasteiger partial charge in [-0.25, -0.2) is 0 Å². The zero-order chi connectivity index (χ0) is 15.3. The number of para-hydroxylation sites is 1. The van der Waals surface area contributed by atoms with Crippen LogP contribution in [0.3, 0.4) is 0 Å². The maximum atomic E-state index is 12.2. The molecule has 1 rings (SSSR count). The monoisotopic (exact) mass is 308 g/mol. The largest absolute Gasteiger partial charge is 0.384 e. The molecule has 0 aromatic heterocycles.